The second-order valence-electron chi connectivity index (χ2n) is 3.87. The second-order valence-corrected chi connectivity index (χ2v) is 4.49. The molecule has 0 radical (unpaired) electrons. The molecule has 0 aliphatic rings. The zero-order chi connectivity index (χ0) is 13.9. The van der Waals surface area contributed by atoms with Gasteiger partial charge in [-0.2, -0.15) is 0 Å². The summed E-state index contributed by atoms with van der Waals surface area (Å²) < 4.78 is 0. The van der Waals surface area contributed by atoms with Crippen LogP contribution in [0.15, 0.2) is 36.7 Å². The van der Waals surface area contributed by atoms with Gasteiger partial charge in [-0.3, -0.25) is 0 Å². The van der Waals surface area contributed by atoms with Crippen LogP contribution in [0.4, 0.5) is 0 Å². The maximum absolute atomic E-state index is 5.98. The highest BCUT2D eigenvalue weighted by Gasteiger charge is 2.14. The minimum atomic E-state index is 0.164. The lowest BCUT2D eigenvalue weighted by Gasteiger charge is -2.04. The van der Waals surface area contributed by atoms with E-state index in [4.69, 9.17) is 23.2 Å². The average Bonchev–Trinajstić information content (AvgIpc) is 2.97. The largest absolute Gasteiger partial charge is 0.224 e. The van der Waals surface area contributed by atoms with Crippen LogP contribution in [0.1, 0.15) is 5.56 Å². The number of halogens is 2. The van der Waals surface area contributed by atoms with E-state index in [1.807, 2.05) is 30.3 Å². The average molecular weight is 307 g/mol. The van der Waals surface area contributed by atoms with E-state index in [2.05, 4.69) is 25.4 Å². The van der Waals surface area contributed by atoms with Crippen molar-refractivity contribution in [1.82, 2.24) is 30.2 Å². The maximum atomic E-state index is 5.98. The molecule has 0 N–H and O–H groups in total. The zero-order valence-electron chi connectivity index (χ0n) is 10.1. The summed E-state index contributed by atoms with van der Waals surface area (Å²) in [6.07, 6.45) is 1.33. The number of rotatable bonds is 3. The van der Waals surface area contributed by atoms with Crippen molar-refractivity contribution in [3.63, 3.8) is 0 Å². The zero-order valence-corrected chi connectivity index (χ0v) is 11.6. The van der Waals surface area contributed by atoms with Gasteiger partial charge in [-0.05, 0) is 5.21 Å². The molecule has 100 valence electrons. The number of benzene rings is 1. The van der Waals surface area contributed by atoms with Gasteiger partial charge in [0, 0.05) is 5.56 Å². The smallest absolute Gasteiger partial charge is 0.205 e. The normalized spacial score (nSPS) is 10.7. The number of alkyl halides is 1. The molecule has 0 amide bonds. The van der Waals surface area contributed by atoms with Gasteiger partial charge in [0.05, 0.1) is 11.4 Å². The first kappa shape index (κ1) is 13.0. The molecule has 0 bridgehead atoms. The number of nitrogens with zero attached hydrogens (tertiary/aromatic N) is 6. The minimum Gasteiger partial charge on any atom is -0.224 e. The lowest BCUT2D eigenvalue weighted by atomic mass is 10.2. The van der Waals surface area contributed by atoms with Gasteiger partial charge in [0.25, 0.3) is 0 Å². The first-order valence-electron chi connectivity index (χ1n) is 5.70. The highest BCUT2D eigenvalue weighted by Crippen LogP contribution is 2.20. The molecule has 2 aromatic heterocycles. The maximum Gasteiger partial charge on any atom is 0.205 e. The Bertz CT molecular complexity index is 728. The third kappa shape index (κ3) is 2.35. The Labute approximate surface area is 124 Å². The summed E-state index contributed by atoms with van der Waals surface area (Å²) in [6, 6.07) is 9.53. The molecule has 0 saturated heterocycles. The van der Waals surface area contributed by atoms with Gasteiger partial charge in [-0.25, -0.2) is 9.97 Å². The summed E-state index contributed by atoms with van der Waals surface area (Å²) in [5.74, 6) is 1.09. The summed E-state index contributed by atoms with van der Waals surface area (Å²) in [5.41, 5.74) is 1.43. The van der Waals surface area contributed by atoms with E-state index in [-0.39, 0.29) is 11.0 Å². The molecular formula is C12H8Cl2N6. The lowest BCUT2D eigenvalue weighted by molar-refractivity contribution is 0.692. The molecule has 8 heteroatoms. The molecule has 0 aliphatic carbocycles. The molecule has 0 saturated carbocycles. The fraction of sp³-hybridized carbons (Fsp3) is 0.0833. The Kier molecular flexibility index (Phi) is 3.58. The fourth-order valence-electron chi connectivity index (χ4n) is 1.68. The van der Waals surface area contributed by atoms with E-state index in [1.165, 1.54) is 11.1 Å². The van der Waals surface area contributed by atoms with E-state index in [9.17, 15) is 0 Å². The van der Waals surface area contributed by atoms with Gasteiger partial charge in [0.1, 0.15) is 11.5 Å². The third-order valence-electron chi connectivity index (χ3n) is 2.64. The Morgan fingerprint density at radius 3 is 2.65 bits per heavy atom. The highest BCUT2D eigenvalue weighted by atomic mass is 35.5. The van der Waals surface area contributed by atoms with Crippen LogP contribution in [0.3, 0.4) is 0 Å². The van der Waals surface area contributed by atoms with E-state index < -0.39 is 0 Å². The van der Waals surface area contributed by atoms with Crippen molar-refractivity contribution < 1.29 is 0 Å². The van der Waals surface area contributed by atoms with E-state index in [1.54, 1.807) is 0 Å². The van der Waals surface area contributed by atoms with Crippen LogP contribution in [0.25, 0.3) is 17.2 Å². The highest BCUT2D eigenvalue weighted by molar-refractivity contribution is 6.31. The lowest BCUT2D eigenvalue weighted by Crippen LogP contribution is -2.07. The van der Waals surface area contributed by atoms with Crippen LogP contribution in [-0.4, -0.2) is 30.2 Å². The van der Waals surface area contributed by atoms with Gasteiger partial charge in [0.2, 0.25) is 5.82 Å². The van der Waals surface area contributed by atoms with Crippen LogP contribution in [0.5, 0.6) is 0 Å². The SMILES string of the molecule is ClCc1c(Cl)ncnc1-n1nnc(-c2ccccc2)n1. The monoisotopic (exact) mass is 306 g/mol. The minimum absolute atomic E-state index is 0.164. The molecule has 3 rings (SSSR count). The fourth-order valence-corrected chi connectivity index (χ4v) is 2.19. The van der Waals surface area contributed by atoms with Gasteiger partial charge < -0.3 is 0 Å². The molecule has 0 spiro atoms. The van der Waals surface area contributed by atoms with Gasteiger partial charge in [-0.1, -0.05) is 41.9 Å². The summed E-state index contributed by atoms with van der Waals surface area (Å²) in [4.78, 5) is 9.29. The quantitative estimate of drug-likeness (QED) is 0.549. The Morgan fingerprint density at radius 1 is 1.10 bits per heavy atom. The first-order valence-corrected chi connectivity index (χ1v) is 6.62. The van der Waals surface area contributed by atoms with Crippen LogP contribution in [-0.2, 0) is 5.88 Å². The second kappa shape index (κ2) is 5.52. The van der Waals surface area contributed by atoms with Crippen LogP contribution >= 0.6 is 23.2 Å². The predicted octanol–water partition coefficient (Wildman–Crippen LogP) is 2.51. The third-order valence-corrected chi connectivity index (χ3v) is 3.23. The van der Waals surface area contributed by atoms with Crippen LogP contribution < -0.4 is 0 Å². The van der Waals surface area contributed by atoms with E-state index in [0.717, 1.165) is 5.56 Å². The number of tetrazole rings is 1. The number of aromatic nitrogens is 6. The van der Waals surface area contributed by atoms with Crippen molar-refractivity contribution in [3.05, 3.63) is 47.4 Å². The Balaban J connectivity index is 2.05. The van der Waals surface area contributed by atoms with Crippen molar-refractivity contribution in [2.24, 2.45) is 0 Å². The van der Waals surface area contributed by atoms with Crippen LogP contribution in [0, 0.1) is 0 Å². The molecule has 6 nitrogen and oxygen atoms in total. The molecule has 20 heavy (non-hydrogen) atoms. The molecule has 0 fully saturated rings. The predicted molar refractivity (Wildman–Crippen MR) is 74.7 cm³/mol. The van der Waals surface area contributed by atoms with Gasteiger partial charge in [0.15, 0.2) is 5.82 Å². The van der Waals surface area contributed by atoms with Crippen molar-refractivity contribution >= 4 is 23.2 Å². The van der Waals surface area contributed by atoms with Gasteiger partial charge >= 0.3 is 0 Å². The first-order chi connectivity index (χ1) is 9.79. The van der Waals surface area contributed by atoms with Crippen molar-refractivity contribution in [2.75, 3.05) is 0 Å². The number of hydrogen-bond acceptors (Lipinski definition) is 5. The van der Waals surface area contributed by atoms with E-state index in [0.29, 0.717) is 17.2 Å². The Morgan fingerprint density at radius 2 is 1.90 bits per heavy atom. The van der Waals surface area contributed by atoms with Crippen molar-refractivity contribution in [3.8, 4) is 17.2 Å². The molecule has 2 heterocycles. The molecule has 0 aliphatic heterocycles. The van der Waals surface area contributed by atoms with Crippen molar-refractivity contribution in [2.45, 2.75) is 5.88 Å². The molecule has 3 aromatic rings. The van der Waals surface area contributed by atoms with Crippen molar-refractivity contribution in [1.29, 1.82) is 0 Å². The summed E-state index contributed by atoms with van der Waals surface area (Å²) in [5, 5.41) is 12.6. The summed E-state index contributed by atoms with van der Waals surface area (Å²) >= 11 is 11.8. The van der Waals surface area contributed by atoms with Crippen LogP contribution in [0.2, 0.25) is 5.15 Å². The molecular weight excluding hydrogens is 299 g/mol. The summed E-state index contributed by atoms with van der Waals surface area (Å²) in [6.45, 7) is 0. The number of hydrogen-bond donors (Lipinski definition) is 0. The molecule has 0 unspecified atom stereocenters. The molecule has 1 aromatic carbocycles. The molecule has 0 atom stereocenters. The van der Waals surface area contributed by atoms with E-state index >= 15 is 0 Å². The topological polar surface area (TPSA) is 69.4 Å². The summed E-state index contributed by atoms with van der Waals surface area (Å²) in [7, 11) is 0. The standard InChI is InChI=1S/C12H8Cl2N6/c13-6-9-10(14)15-7-16-12(9)20-18-11(17-19-20)8-4-2-1-3-5-8/h1-5,7H,6H2. The van der Waals surface area contributed by atoms with Gasteiger partial charge in [-0.15, -0.1) is 26.6 Å². The Hall–Kier alpha value is -2.05.